The van der Waals surface area contributed by atoms with Gasteiger partial charge in [-0.25, -0.2) is 8.78 Å². The summed E-state index contributed by atoms with van der Waals surface area (Å²) in [5.74, 6) is -1.95. The molecule has 0 aliphatic heterocycles. The molecule has 0 aromatic heterocycles. The zero-order valence-electron chi connectivity index (χ0n) is 7.00. The van der Waals surface area contributed by atoms with Crippen molar-refractivity contribution in [1.82, 2.24) is 0 Å². The van der Waals surface area contributed by atoms with Crippen LogP contribution in [0.25, 0.3) is 0 Å². The van der Waals surface area contributed by atoms with Crippen molar-refractivity contribution in [3.05, 3.63) is 35.4 Å². The van der Waals surface area contributed by atoms with E-state index in [-0.39, 0.29) is 18.5 Å². The van der Waals surface area contributed by atoms with Crippen LogP contribution in [0, 0.1) is 11.6 Å². The third-order valence-corrected chi connectivity index (χ3v) is 1.78. The summed E-state index contributed by atoms with van der Waals surface area (Å²) < 4.78 is 25.7. The van der Waals surface area contributed by atoms with Crippen molar-refractivity contribution in [3.63, 3.8) is 0 Å². The second-order valence-electron chi connectivity index (χ2n) is 2.74. The molecule has 0 fully saturated rings. The minimum absolute atomic E-state index is 0.0366. The minimum atomic E-state index is -1.03. The highest BCUT2D eigenvalue weighted by atomic mass is 19.2. The molecule has 1 aromatic carbocycles. The number of nitrogens with two attached hydrogens (primary N) is 1. The van der Waals surface area contributed by atoms with Crippen LogP contribution in [-0.2, 0) is 0 Å². The van der Waals surface area contributed by atoms with Gasteiger partial charge >= 0.3 is 0 Å². The molecule has 0 spiro atoms. The molecule has 0 saturated heterocycles. The lowest BCUT2D eigenvalue weighted by Crippen LogP contribution is -2.08. The zero-order chi connectivity index (χ0) is 9.84. The van der Waals surface area contributed by atoms with E-state index in [1.54, 1.807) is 0 Å². The maximum Gasteiger partial charge on any atom is 0.164 e. The molecule has 0 aliphatic rings. The van der Waals surface area contributed by atoms with Crippen molar-refractivity contribution in [2.45, 2.75) is 12.5 Å². The van der Waals surface area contributed by atoms with E-state index in [1.807, 2.05) is 0 Å². The summed E-state index contributed by atoms with van der Waals surface area (Å²) in [4.78, 5) is 0. The van der Waals surface area contributed by atoms with Crippen LogP contribution in [0.15, 0.2) is 18.2 Å². The van der Waals surface area contributed by atoms with Gasteiger partial charge in [0.15, 0.2) is 11.6 Å². The summed E-state index contributed by atoms with van der Waals surface area (Å²) in [5.41, 5.74) is 5.14. The van der Waals surface area contributed by atoms with E-state index in [0.29, 0.717) is 0 Å². The summed E-state index contributed by atoms with van der Waals surface area (Å²) in [6.45, 7) is 0.233. The Labute approximate surface area is 75.0 Å². The summed E-state index contributed by atoms with van der Waals surface area (Å²) >= 11 is 0. The molecule has 1 aromatic rings. The van der Waals surface area contributed by atoms with Crippen molar-refractivity contribution < 1.29 is 13.9 Å². The molecule has 0 radical (unpaired) electrons. The number of hydrogen-bond donors (Lipinski definition) is 2. The largest absolute Gasteiger partial charge is 0.388 e. The quantitative estimate of drug-likeness (QED) is 0.750. The van der Waals surface area contributed by atoms with Crippen LogP contribution in [0.1, 0.15) is 18.1 Å². The fourth-order valence-corrected chi connectivity index (χ4v) is 1.09. The second kappa shape index (κ2) is 4.30. The van der Waals surface area contributed by atoms with Crippen molar-refractivity contribution in [2.24, 2.45) is 5.73 Å². The van der Waals surface area contributed by atoms with Crippen molar-refractivity contribution in [3.8, 4) is 0 Å². The SMILES string of the molecule is NCCC(O)c1cccc(F)c1F. The third-order valence-electron chi connectivity index (χ3n) is 1.78. The Morgan fingerprint density at radius 1 is 1.38 bits per heavy atom. The van der Waals surface area contributed by atoms with Crippen molar-refractivity contribution in [2.75, 3.05) is 6.54 Å². The zero-order valence-corrected chi connectivity index (χ0v) is 7.00. The summed E-state index contributed by atoms with van der Waals surface area (Å²) in [7, 11) is 0. The van der Waals surface area contributed by atoms with E-state index in [4.69, 9.17) is 5.73 Å². The highest BCUT2D eigenvalue weighted by Crippen LogP contribution is 2.20. The van der Waals surface area contributed by atoms with Gasteiger partial charge in [-0.2, -0.15) is 0 Å². The Morgan fingerprint density at radius 3 is 2.69 bits per heavy atom. The highest BCUT2D eigenvalue weighted by Gasteiger charge is 2.14. The van der Waals surface area contributed by atoms with Gasteiger partial charge in [0, 0.05) is 5.56 Å². The molecule has 0 aliphatic carbocycles. The molecule has 3 N–H and O–H groups in total. The van der Waals surface area contributed by atoms with Gasteiger partial charge in [0.05, 0.1) is 6.10 Å². The van der Waals surface area contributed by atoms with E-state index in [2.05, 4.69) is 0 Å². The summed E-state index contributed by atoms with van der Waals surface area (Å²) in [6, 6.07) is 3.71. The number of aliphatic hydroxyl groups excluding tert-OH is 1. The molecule has 0 heterocycles. The molecule has 13 heavy (non-hydrogen) atoms. The van der Waals surface area contributed by atoms with Gasteiger partial charge in [-0.05, 0) is 19.0 Å². The summed E-state index contributed by atoms with van der Waals surface area (Å²) in [6.07, 6.45) is -0.805. The van der Waals surface area contributed by atoms with Gasteiger partial charge in [-0.15, -0.1) is 0 Å². The minimum Gasteiger partial charge on any atom is -0.388 e. The van der Waals surface area contributed by atoms with Gasteiger partial charge in [-0.3, -0.25) is 0 Å². The Hall–Kier alpha value is -1.00. The molecular weight excluding hydrogens is 176 g/mol. The molecule has 72 valence electrons. The van der Waals surface area contributed by atoms with Crippen LogP contribution in [0.3, 0.4) is 0 Å². The number of hydrogen-bond acceptors (Lipinski definition) is 2. The number of halogens is 2. The molecule has 1 rings (SSSR count). The van der Waals surface area contributed by atoms with Crippen LogP contribution in [0.2, 0.25) is 0 Å². The first-order valence-corrected chi connectivity index (χ1v) is 3.99. The Balaban J connectivity index is 2.93. The van der Waals surface area contributed by atoms with E-state index < -0.39 is 17.7 Å². The lowest BCUT2D eigenvalue weighted by atomic mass is 10.1. The molecular formula is C9H11F2NO. The van der Waals surface area contributed by atoms with Gasteiger partial charge in [0.1, 0.15) is 0 Å². The molecule has 1 atom stereocenters. The average molecular weight is 187 g/mol. The van der Waals surface area contributed by atoms with E-state index in [0.717, 1.165) is 6.07 Å². The van der Waals surface area contributed by atoms with E-state index in [1.165, 1.54) is 12.1 Å². The van der Waals surface area contributed by atoms with Crippen LogP contribution in [0.4, 0.5) is 8.78 Å². The van der Waals surface area contributed by atoms with Gasteiger partial charge in [0.25, 0.3) is 0 Å². The van der Waals surface area contributed by atoms with Crippen LogP contribution < -0.4 is 5.73 Å². The lowest BCUT2D eigenvalue weighted by Gasteiger charge is -2.10. The number of benzene rings is 1. The van der Waals surface area contributed by atoms with Gasteiger partial charge in [-0.1, -0.05) is 12.1 Å². The topological polar surface area (TPSA) is 46.2 Å². The van der Waals surface area contributed by atoms with Gasteiger partial charge in [0.2, 0.25) is 0 Å². The average Bonchev–Trinajstić information content (AvgIpc) is 2.10. The fourth-order valence-electron chi connectivity index (χ4n) is 1.09. The Kier molecular flexibility index (Phi) is 3.33. The predicted molar refractivity (Wildman–Crippen MR) is 45.0 cm³/mol. The Morgan fingerprint density at radius 2 is 2.08 bits per heavy atom. The van der Waals surface area contributed by atoms with E-state index >= 15 is 0 Å². The van der Waals surface area contributed by atoms with Crippen LogP contribution >= 0.6 is 0 Å². The maximum atomic E-state index is 13.0. The molecule has 0 saturated carbocycles. The number of aliphatic hydroxyl groups is 1. The van der Waals surface area contributed by atoms with Crippen LogP contribution in [-0.4, -0.2) is 11.7 Å². The molecule has 2 nitrogen and oxygen atoms in total. The van der Waals surface area contributed by atoms with Crippen molar-refractivity contribution >= 4 is 0 Å². The molecule has 0 amide bonds. The first-order chi connectivity index (χ1) is 6.16. The third kappa shape index (κ3) is 2.23. The number of rotatable bonds is 3. The van der Waals surface area contributed by atoms with E-state index in [9.17, 15) is 13.9 Å². The first kappa shape index (κ1) is 10.1. The lowest BCUT2D eigenvalue weighted by molar-refractivity contribution is 0.164. The molecule has 0 bridgehead atoms. The molecule has 1 unspecified atom stereocenters. The van der Waals surface area contributed by atoms with Gasteiger partial charge < -0.3 is 10.8 Å². The first-order valence-electron chi connectivity index (χ1n) is 3.99. The monoisotopic (exact) mass is 187 g/mol. The van der Waals surface area contributed by atoms with Crippen LogP contribution in [0.5, 0.6) is 0 Å². The standard InChI is InChI=1S/C9H11F2NO/c10-7-3-1-2-6(9(7)11)8(13)4-5-12/h1-3,8,13H,4-5,12H2. The van der Waals surface area contributed by atoms with Crippen molar-refractivity contribution in [1.29, 1.82) is 0 Å². The highest BCUT2D eigenvalue weighted by molar-refractivity contribution is 5.21. The smallest absolute Gasteiger partial charge is 0.164 e. The molecule has 4 heteroatoms. The summed E-state index contributed by atoms with van der Waals surface area (Å²) in [5, 5.41) is 9.34. The fraction of sp³-hybridized carbons (Fsp3) is 0.333. The Bertz CT molecular complexity index is 291. The normalized spacial score (nSPS) is 12.9. The predicted octanol–water partition coefficient (Wildman–Crippen LogP) is 1.35. The second-order valence-corrected chi connectivity index (χ2v) is 2.74. The maximum absolute atomic E-state index is 13.0.